The zero-order valence-electron chi connectivity index (χ0n) is 15.6. The zero-order valence-corrected chi connectivity index (χ0v) is 15.6. The summed E-state index contributed by atoms with van der Waals surface area (Å²) in [6.07, 6.45) is 3.79. The van der Waals surface area contributed by atoms with Crippen molar-refractivity contribution < 1.29 is 19.1 Å². The third kappa shape index (κ3) is 4.54. The van der Waals surface area contributed by atoms with Gasteiger partial charge >= 0.3 is 5.97 Å². The van der Waals surface area contributed by atoms with Crippen molar-refractivity contribution in [2.45, 2.75) is 13.8 Å². The van der Waals surface area contributed by atoms with Gasteiger partial charge in [-0.3, -0.25) is 9.59 Å². The SMILES string of the molecule is CC(=O)Nc1ccc(C(=O)COC(=O)c2ccc(C)c(-n3cccc3)c2)cc1. The molecule has 3 rings (SSSR count). The summed E-state index contributed by atoms with van der Waals surface area (Å²) >= 11 is 0. The number of nitrogens with one attached hydrogen (secondary N) is 1. The number of aromatic nitrogens is 1. The number of carbonyl (C=O) groups excluding carboxylic acids is 3. The lowest BCUT2D eigenvalue weighted by Gasteiger charge is -2.10. The molecule has 1 amide bonds. The molecule has 0 fully saturated rings. The zero-order chi connectivity index (χ0) is 20.1. The van der Waals surface area contributed by atoms with Crippen molar-refractivity contribution in [2.75, 3.05) is 11.9 Å². The summed E-state index contributed by atoms with van der Waals surface area (Å²) in [5.41, 5.74) is 3.27. The van der Waals surface area contributed by atoms with Crippen LogP contribution in [-0.2, 0) is 9.53 Å². The number of benzene rings is 2. The lowest BCUT2D eigenvalue weighted by atomic mass is 10.1. The number of hydrogen-bond acceptors (Lipinski definition) is 4. The minimum absolute atomic E-state index is 0.189. The monoisotopic (exact) mass is 376 g/mol. The number of rotatable bonds is 6. The Morgan fingerprint density at radius 3 is 2.25 bits per heavy atom. The molecule has 0 saturated carbocycles. The molecule has 0 aliphatic rings. The molecule has 6 heteroatoms. The van der Waals surface area contributed by atoms with Crippen molar-refractivity contribution in [2.24, 2.45) is 0 Å². The van der Waals surface area contributed by atoms with Gasteiger partial charge in [0.1, 0.15) is 0 Å². The Labute approximate surface area is 162 Å². The van der Waals surface area contributed by atoms with E-state index in [1.807, 2.05) is 42.1 Å². The van der Waals surface area contributed by atoms with Crippen LogP contribution < -0.4 is 5.32 Å². The number of anilines is 1. The van der Waals surface area contributed by atoms with E-state index in [9.17, 15) is 14.4 Å². The average Bonchev–Trinajstić information content (AvgIpc) is 3.21. The maximum absolute atomic E-state index is 12.4. The number of nitrogens with zero attached hydrogens (tertiary/aromatic N) is 1. The minimum atomic E-state index is -0.559. The predicted molar refractivity (Wildman–Crippen MR) is 106 cm³/mol. The molecule has 1 heterocycles. The van der Waals surface area contributed by atoms with E-state index in [0.29, 0.717) is 16.8 Å². The Kier molecular flexibility index (Phi) is 5.69. The molecule has 1 aromatic heterocycles. The molecule has 6 nitrogen and oxygen atoms in total. The van der Waals surface area contributed by atoms with Crippen LogP contribution in [0.1, 0.15) is 33.2 Å². The minimum Gasteiger partial charge on any atom is -0.454 e. The van der Waals surface area contributed by atoms with E-state index >= 15 is 0 Å². The third-order valence-corrected chi connectivity index (χ3v) is 4.19. The van der Waals surface area contributed by atoms with Crippen molar-refractivity contribution >= 4 is 23.3 Å². The lowest BCUT2D eigenvalue weighted by molar-refractivity contribution is -0.114. The molecule has 0 aliphatic heterocycles. The first-order valence-corrected chi connectivity index (χ1v) is 8.76. The van der Waals surface area contributed by atoms with Gasteiger partial charge < -0.3 is 14.6 Å². The summed E-state index contributed by atoms with van der Waals surface area (Å²) in [6, 6.07) is 15.5. The molecular weight excluding hydrogens is 356 g/mol. The van der Waals surface area contributed by atoms with Gasteiger partial charge in [0.05, 0.1) is 5.56 Å². The van der Waals surface area contributed by atoms with Crippen LogP contribution in [0.15, 0.2) is 67.0 Å². The van der Waals surface area contributed by atoms with Gasteiger partial charge in [0.15, 0.2) is 12.4 Å². The predicted octanol–water partition coefficient (Wildman–Crippen LogP) is 3.78. The van der Waals surface area contributed by atoms with Gasteiger partial charge in [-0.15, -0.1) is 0 Å². The highest BCUT2D eigenvalue weighted by Crippen LogP contribution is 2.17. The van der Waals surface area contributed by atoms with E-state index in [-0.39, 0.29) is 18.3 Å². The van der Waals surface area contributed by atoms with Gasteiger partial charge in [-0.05, 0) is 61.0 Å². The second-order valence-electron chi connectivity index (χ2n) is 6.35. The van der Waals surface area contributed by atoms with Crippen LogP contribution in [0.3, 0.4) is 0 Å². The standard InChI is InChI=1S/C22H20N2O4/c1-15-5-6-18(13-20(15)24-11-3-4-12-24)22(27)28-14-21(26)17-7-9-19(10-8-17)23-16(2)25/h3-13H,14H2,1-2H3,(H,23,25). The quantitative estimate of drug-likeness (QED) is 0.525. The molecule has 0 atom stereocenters. The third-order valence-electron chi connectivity index (χ3n) is 4.19. The maximum atomic E-state index is 12.4. The summed E-state index contributed by atoms with van der Waals surface area (Å²) in [5, 5.41) is 2.63. The first kappa shape index (κ1) is 19.1. The molecule has 0 aliphatic carbocycles. The van der Waals surface area contributed by atoms with Crippen LogP contribution in [0.25, 0.3) is 5.69 Å². The van der Waals surface area contributed by atoms with Crippen molar-refractivity contribution in [1.82, 2.24) is 4.57 Å². The van der Waals surface area contributed by atoms with Gasteiger partial charge in [-0.25, -0.2) is 4.79 Å². The summed E-state index contributed by atoms with van der Waals surface area (Å²) in [4.78, 5) is 35.6. The first-order chi connectivity index (χ1) is 13.4. The largest absolute Gasteiger partial charge is 0.454 e. The molecule has 0 spiro atoms. The average molecular weight is 376 g/mol. The first-order valence-electron chi connectivity index (χ1n) is 8.76. The molecule has 0 bridgehead atoms. The van der Waals surface area contributed by atoms with Crippen LogP contribution in [-0.4, -0.2) is 28.8 Å². The van der Waals surface area contributed by atoms with Crippen molar-refractivity contribution in [3.8, 4) is 5.69 Å². The molecule has 142 valence electrons. The highest BCUT2D eigenvalue weighted by Gasteiger charge is 2.14. The Bertz CT molecular complexity index is 1010. The van der Waals surface area contributed by atoms with E-state index in [0.717, 1.165) is 11.3 Å². The number of ether oxygens (including phenoxy) is 1. The van der Waals surface area contributed by atoms with Crippen LogP contribution in [0.2, 0.25) is 0 Å². The molecule has 2 aromatic carbocycles. The number of Topliss-reactive ketones (excluding diaryl/α,β-unsaturated/α-hetero) is 1. The van der Waals surface area contributed by atoms with E-state index in [4.69, 9.17) is 4.74 Å². The van der Waals surface area contributed by atoms with E-state index in [1.165, 1.54) is 6.92 Å². The molecule has 0 saturated heterocycles. The fourth-order valence-electron chi connectivity index (χ4n) is 2.75. The number of ketones is 1. The molecule has 1 N–H and O–H groups in total. The van der Waals surface area contributed by atoms with Gasteiger partial charge in [-0.2, -0.15) is 0 Å². The summed E-state index contributed by atoms with van der Waals surface area (Å²) in [5.74, 6) is -1.07. The Morgan fingerprint density at radius 1 is 0.964 bits per heavy atom. The smallest absolute Gasteiger partial charge is 0.338 e. The van der Waals surface area contributed by atoms with Gasteiger partial charge in [0, 0.05) is 36.3 Å². The maximum Gasteiger partial charge on any atom is 0.338 e. The summed E-state index contributed by atoms with van der Waals surface area (Å²) in [6.45, 7) is 3.01. The van der Waals surface area contributed by atoms with Crippen LogP contribution >= 0.6 is 0 Å². The molecule has 0 radical (unpaired) electrons. The molecular formula is C22H20N2O4. The van der Waals surface area contributed by atoms with Crippen molar-refractivity contribution in [3.05, 3.63) is 83.7 Å². The number of aryl methyl sites for hydroxylation is 1. The van der Waals surface area contributed by atoms with Crippen LogP contribution in [0.4, 0.5) is 5.69 Å². The lowest BCUT2D eigenvalue weighted by Crippen LogP contribution is -2.15. The van der Waals surface area contributed by atoms with E-state index in [1.54, 1.807) is 36.4 Å². The number of hydrogen-bond donors (Lipinski definition) is 1. The molecule has 3 aromatic rings. The normalized spacial score (nSPS) is 10.4. The fourth-order valence-corrected chi connectivity index (χ4v) is 2.75. The van der Waals surface area contributed by atoms with Gasteiger partial charge in [0.2, 0.25) is 5.91 Å². The number of amides is 1. The summed E-state index contributed by atoms with van der Waals surface area (Å²) < 4.78 is 7.09. The number of carbonyl (C=O) groups is 3. The Balaban J connectivity index is 1.64. The Morgan fingerprint density at radius 2 is 1.61 bits per heavy atom. The van der Waals surface area contributed by atoms with Crippen molar-refractivity contribution in [3.63, 3.8) is 0 Å². The highest BCUT2D eigenvalue weighted by molar-refractivity contribution is 6.00. The Hall–Kier alpha value is -3.67. The second kappa shape index (κ2) is 8.35. The second-order valence-corrected chi connectivity index (χ2v) is 6.35. The topological polar surface area (TPSA) is 77.4 Å². The molecule has 28 heavy (non-hydrogen) atoms. The van der Waals surface area contributed by atoms with E-state index < -0.39 is 5.97 Å². The van der Waals surface area contributed by atoms with Gasteiger partial charge in [0.25, 0.3) is 0 Å². The molecule has 0 unspecified atom stereocenters. The van der Waals surface area contributed by atoms with Crippen LogP contribution in [0, 0.1) is 6.92 Å². The summed E-state index contributed by atoms with van der Waals surface area (Å²) in [7, 11) is 0. The van der Waals surface area contributed by atoms with Gasteiger partial charge in [-0.1, -0.05) is 6.07 Å². The van der Waals surface area contributed by atoms with E-state index in [2.05, 4.69) is 5.32 Å². The fraction of sp³-hybridized carbons (Fsp3) is 0.136. The highest BCUT2D eigenvalue weighted by atomic mass is 16.5. The number of esters is 1. The van der Waals surface area contributed by atoms with Crippen molar-refractivity contribution in [1.29, 1.82) is 0 Å². The van der Waals surface area contributed by atoms with Crippen LogP contribution in [0.5, 0.6) is 0 Å².